The molecule has 338 valence electrons. The van der Waals surface area contributed by atoms with Crippen LogP contribution in [0.3, 0.4) is 0 Å². The lowest BCUT2D eigenvalue weighted by atomic mass is 9.50. The topological polar surface area (TPSA) is 129 Å². The third kappa shape index (κ3) is 8.80. The Morgan fingerprint density at radius 2 is 1.23 bits per heavy atom. The third-order valence-corrected chi connectivity index (χ3v) is 18.3. The molecular formula is C51H81NO8. The fourth-order valence-corrected chi connectivity index (χ4v) is 12.6. The second kappa shape index (κ2) is 17.2. The first-order chi connectivity index (χ1) is 28.0. The first kappa shape index (κ1) is 46.9. The van der Waals surface area contributed by atoms with Gasteiger partial charge >= 0.3 is 23.9 Å². The van der Waals surface area contributed by atoms with Crippen LogP contribution in [0.2, 0.25) is 0 Å². The highest BCUT2D eigenvalue weighted by molar-refractivity contribution is 5.85. The van der Waals surface area contributed by atoms with E-state index in [0.29, 0.717) is 30.6 Å². The van der Waals surface area contributed by atoms with Gasteiger partial charge in [0.05, 0.1) is 22.3 Å². The zero-order chi connectivity index (χ0) is 44.2. The first-order valence-electron chi connectivity index (χ1n) is 24.3. The summed E-state index contributed by atoms with van der Waals surface area (Å²) in [6, 6.07) is 2.15. The van der Waals surface area contributed by atoms with Gasteiger partial charge in [-0.2, -0.15) is 5.26 Å². The maximum absolute atomic E-state index is 12.5. The van der Waals surface area contributed by atoms with Gasteiger partial charge in [0.15, 0.2) is 5.41 Å². The van der Waals surface area contributed by atoms with Crippen LogP contribution in [0.1, 0.15) is 192 Å². The van der Waals surface area contributed by atoms with E-state index in [4.69, 9.17) is 18.9 Å². The summed E-state index contributed by atoms with van der Waals surface area (Å²) >= 11 is 0. The lowest BCUT2D eigenvalue weighted by molar-refractivity contribution is -0.211. The molecule has 0 aromatic carbocycles. The predicted molar refractivity (Wildman–Crippen MR) is 231 cm³/mol. The molecule has 0 amide bonds. The number of ether oxygens (including phenoxy) is 4. The molecule has 9 fully saturated rings. The summed E-state index contributed by atoms with van der Waals surface area (Å²) in [6.45, 7) is 24.3. The second-order valence-electron chi connectivity index (χ2n) is 23.5. The molecule has 9 heteroatoms. The molecule has 1 aliphatic heterocycles. The minimum atomic E-state index is -0.974. The van der Waals surface area contributed by atoms with Gasteiger partial charge in [0.1, 0.15) is 23.4 Å². The first-order valence-corrected chi connectivity index (χ1v) is 24.3. The fourth-order valence-electron chi connectivity index (χ4n) is 12.6. The molecule has 9 rings (SSSR count). The van der Waals surface area contributed by atoms with Crippen molar-refractivity contribution in [3.63, 3.8) is 0 Å². The van der Waals surface area contributed by atoms with Gasteiger partial charge in [0.2, 0.25) is 0 Å². The Balaban J connectivity index is 0.000000151. The summed E-state index contributed by atoms with van der Waals surface area (Å²) in [5, 5.41) is 9.31. The summed E-state index contributed by atoms with van der Waals surface area (Å²) in [4.78, 5) is 49.0. The SMILES string of the molecule is CCC(C)(C)C(=O)OC(C)(C)C1CCC2CCCCC2C1.CCC(C)(C)C(=O)OC1(C)C2CC3CC(C2)CC1C3.CCC(C)(C)C(=O)OC1C2CC3C1OC(=O)C3(C#N)C2. The second-order valence-corrected chi connectivity index (χ2v) is 23.5. The molecule has 1 saturated heterocycles. The van der Waals surface area contributed by atoms with Crippen LogP contribution < -0.4 is 0 Å². The number of carbonyl (C=O) groups excluding carboxylic acids is 4. The highest BCUT2D eigenvalue weighted by atomic mass is 16.6. The van der Waals surface area contributed by atoms with Gasteiger partial charge in [0, 0.05) is 11.8 Å². The van der Waals surface area contributed by atoms with Crippen LogP contribution in [0.25, 0.3) is 0 Å². The molecule has 9 aliphatic rings. The number of nitrogens with zero attached hydrogens (tertiary/aromatic N) is 1. The van der Waals surface area contributed by atoms with Crippen molar-refractivity contribution in [1.82, 2.24) is 0 Å². The van der Waals surface area contributed by atoms with E-state index in [1.807, 2.05) is 48.5 Å². The van der Waals surface area contributed by atoms with Crippen LogP contribution in [0.4, 0.5) is 0 Å². The van der Waals surface area contributed by atoms with Crippen molar-refractivity contribution in [2.24, 2.45) is 74.9 Å². The summed E-state index contributed by atoms with van der Waals surface area (Å²) in [5.41, 5.74) is -2.69. The van der Waals surface area contributed by atoms with Crippen LogP contribution in [-0.4, -0.2) is 47.3 Å². The van der Waals surface area contributed by atoms with Crippen molar-refractivity contribution in [1.29, 1.82) is 5.26 Å². The molecule has 8 aliphatic carbocycles. The molecule has 8 unspecified atom stereocenters. The number of hydrogen-bond acceptors (Lipinski definition) is 9. The molecular weight excluding hydrogens is 755 g/mol. The van der Waals surface area contributed by atoms with E-state index in [0.717, 1.165) is 42.9 Å². The summed E-state index contributed by atoms with van der Waals surface area (Å²) in [6.07, 6.45) is 18.9. The molecule has 9 nitrogen and oxygen atoms in total. The van der Waals surface area contributed by atoms with E-state index in [1.165, 1.54) is 77.0 Å². The number of fused-ring (bicyclic) bond motifs is 2. The monoisotopic (exact) mass is 836 g/mol. The molecule has 60 heavy (non-hydrogen) atoms. The van der Waals surface area contributed by atoms with Crippen molar-refractivity contribution >= 4 is 23.9 Å². The Hall–Kier alpha value is -2.63. The lowest BCUT2D eigenvalue weighted by Crippen LogP contribution is -2.58. The van der Waals surface area contributed by atoms with Gasteiger partial charge in [-0.05, 0) is 187 Å². The van der Waals surface area contributed by atoms with Crippen LogP contribution in [0.15, 0.2) is 0 Å². The summed E-state index contributed by atoms with van der Waals surface area (Å²) in [5.74, 6) is 4.76. The number of rotatable bonds is 10. The number of esters is 4. The molecule has 0 aromatic rings. The maximum Gasteiger partial charge on any atom is 0.327 e. The fraction of sp³-hybridized carbons (Fsp3) is 0.902. The smallest absolute Gasteiger partial charge is 0.327 e. The molecule has 0 spiro atoms. The quantitative estimate of drug-likeness (QED) is 0.156. The number of nitriles is 1. The van der Waals surface area contributed by atoms with E-state index in [9.17, 15) is 24.4 Å². The largest absolute Gasteiger partial charge is 0.459 e. The van der Waals surface area contributed by atoms with E-state index in [1.54, 1.807) is 0 Å². The Kier molecular flexibility index (Phi) is 13.4. The number of carbonyl (C=O) groups is 4. The van der Waals surface area contributed by atoms with E-state index >= 15 is 0 Å². The standard InChI is InChI=1S/C19H34O2.C17H28O2.C15H19NO4/c1-6-18(2,3)17(20)21-19(4,5)16-12-11-14-9-7-8-10-15(14)13-16;1-5-16(2,3)15(18)19-17(4)13-7-11-6-12(9-13)10-14(17)8-11;1-4-14(2,3)12(17)19-10-8-5-9-11(10)20-13(18)15(9,6-8)7-16/h14-16H,6-13H2,1-5H3;11-14H,5-10H2,1-4H3;8-11H,4-6H2,1-3H3. The van der Waals surface area contributed by atoms with Gasteiger partial charge < -0.3 is 18.9 Å². The highest BCUT2D eigenvalue weighted by Gasteiger charge is 2.72. The van der Waals surface area contributed by atoms with Crippen LogP contribution in [0, 0.1) is 86.3 Å². The van der Waals surface area contributed by atoms with Gasteiger partial charge in [-0.1, -0.05) is 46.5 Å². The van der Waals surface area contributed by atoms with Crippen molar-refractivity contribution in [2.45, 2.75) is 216 Å². The van der Waals surface area contributed by atoms with Gasteiger partial charge in [-0.15, -0.1) is 0 Å². The average Bonchev–Trinajstić information content (AvgIpc) is 3.82. The van der Waals surface area contributed by atoms with Crippen LogP contribution in [-0.2, 0) is 38.1 Å². The van der Waals surface area contributed by atoms with Crippen LogP contribution >= 0.6 is 0 Å². The predicted octanol–water partition coefficient (Wildman–Crippen LogP) is 11.3. The summed E-state index contributed by atoms with van der Waals surface area (Å²) < 4.78 is 23.1. The molecule has 0 N–H and O–H groups in total. The molecule has 6 bridgehead atoms. The lowest BCUT2D eigenvalue weighted by Gasteiger charge is -2.59. The Morgan fingerprint density at radius 3 is 1.78 bits per heavy atom. The zero-order valence-electron chi connectivity index (χ0n) is 39.6. The number of hydrogen-bond donors (Lipinski definition) is 0. The third-order valence-electron chi connectivity index (χ3n) is 18.3. The molecule has 8 atom stereocenters. The van der Waals surface area contributed by atoms with Crippen molar-refractivity contribution in [2.75, 3.05) is 0 Å². The molecule has 8 saturated carbocycles. The molecule has 0 aromatic heterocycles. The highest BCUT2D eigenvalue weighted by Crippen LogP contribution is 2.63. The van der Waals surface area contributed by atoms with Crippen LogP contribution in [0.5, 0.6) is 0 Å². The van der Waals surface area contributed by atoms with Crippen molar-refractivity contribution in [3.8, 4) is 6.07 Å². The summed E-state index contributed by atoms with van der Waals surface area (Å²) in [7, 11) is 0. The van der Waals surface area contributed by atoms with Gasteiger partial charge in [0.25, 0.3) is 0 Å². The van der Waals surface area contributed by atoms with Crippen molar-refractivity contribution in [3.05, 3.63) is 0 Å². The Labute approximate surface area is 362 Å². The van der Waals surface area contributed by atoms with E-state index < -0.39 is 22.9 Å². The Bertz CT molecular complexity index is 1630. The van der Waals surface area contributed by atoms with E-state index in [-0.39, 0.29) is 57.9 Å². The maximum atomic E-state index is 12.5. The zero-order valence-corrected chi connectivity index (χ0v) is 39.6. The van der Waals surface area contributed by atoms with Gasteiger partial charge in [-0.3, -0.25) is 19.2 Å². The average molecular weight is 836 g/mol. The van der Waals surface area contributed by atoms with Crippen molar-refractivity contribution < 1.29 is 38.1 Å². The normalized spacial score (nSPS) is 38.6. The molecule has 1 heterocycles. The van der Waals surface area contributed by atoms with E-state index in [2.05, 4.69) is 40.7 Å². The Morgan fingerprint density at radius 1 is 0.700 bits per heavy atom. The van der Waals surface area contributed by atoms with Gasteiger partial charge in [-0.25, -0.2) is 0 Å². The molecule has 0 radical (unpaired) electrons. The minimum Gasteiger partial charge on any atom is -0.459 e. The minimum absolute atomic E-state index is 0.0185.